The zero-order valence-corrected chi connectivity index (χ0v) is 17.1. The number of piperidine rings is 1. The number of anilines is 1. The molecule has 0 radical (unpaired) electrons. The van der Waals surface area contributed by atoms with Crippen molar-refractivity contribution >= 4 is 33.2 Å². The summed E-state index contributed by atoms with van der Waals surface area (Å²) in [4.78, 5) is 14.7. The van der Waals surface area contributed by atoms with Gasteiger partial charge in [0.15, 0.2) is 5.65 Å². The molecule has 1 aromatic carbocycles. The Morgan fingerprint density at radius 1 is 1.25 bits per heavy atom. The summed E-state index contributed by atoms with van der Waals surface area (Å²) in [6.07, 6.45) is 3.79. The fourth-order valence-electron chi connectivity index (χ4n) is 3.68. The van der Waals surface area contributed by atoms with Crippen LogP contribution in [0.5, 0.6) is 0 Å². The lowest BCUT2D eigenvalue weighted by atomic mass is 9.95. The number of halogens is 2. The molecule has 0 spiro atoms. The molecule has 0 saturated carbocycles. The summed E-state index contributed by atoms with van der Waals surface area (Å²) in [5, 5.41) is 11.3. The number of rotatable bonds is 4. The Bertz CT molecular complexity index is 999. The second-order valence-electron chi connectivity index (χ2n) is 7.09. The number of hydrogen-bond acceptors (Lipinski definition) is 4. The zero-order chi connectivity index (χ0) is 19.7. The van der Waals surface area contributed by atoms with Crippen molar-refractivity contribution in [1.82, 2.24) is 19.5 Å². The molecule has 3 aromatic rings. The maximum absolute atomic E-state index is 14.0. The molecule has 1 fully saturated rings. The van der Waals surface area contributed by atoms with Crippen molar-refractivity contribution < 1.29 is 9.18 Å². The summed E-state index contributed by atoms with van der Waals surface area (Å²) in [7, 11) is 0. The van der Waals surface area contributed by atoms with Gasteiger partial charge in [-0.15, -0.1) is 10.2 Å². The van der Waals surface area contributed by atoms with E-state index in [1.54, 1.807) is 12.1 Å². The molecule has 1 saturated heterocycles. The van der Waals surface area contributed by atoms with Gasteiger partial charge < -0.3 is 5.32 Å². The van der Waals surface area contributed by atoms with Crippen LogP contribution < -0.4 is 5.32 Å². The number of nitrogens with one attached hydrogen (secondary N) is 1. The van der Waals surface area contributed by atoms with E-state index in [2.05, 4.69) is 36.3 Å². The van der Waals surface area contributed by atoms with Crippen molar-refractivity contribution in [1.29, 1.82) is 0 Å². The first-order chi connectivity index (χ1) is 13.5. The van der Waals surface area contributed by atoms with Crippen molar-refractivity contribution in [3.05, 3.63) is 58.7 Å². The molecule has 3 heterocycles. The van der Waals surface area contributed by atoms with E-state index in [1.165, 1.54) is 6.07 Å². The number of likely N-dealkylation sites (tertiary alicyclic amines) is 1. The van der Waals surface area contributed by atoms with Crippen molar-refractivity contribution in [2.45, 2.75) is 31.7 Å². The number of amides is 1. The standard InChI is InChI=1S/C20H21BrFN5O/c1-13(20(28)23-17-6-5-15(21)12-16(17)22)26-10-7-14(8-11-26)19-25-24-18-4-2-3-9-27(18)19/h2-6,9,12-14H,7-8,10-11H2,1H3,(H,23,28). The summed E-state index contributed by atoms with van der Waals surface area (Å²) in [5.41, 5.74) is 1.05. The summed E-state index contributed by atoms with van der Waals surface area (Å²) >= 11 is 3.22. The molecule has 146 valence electrons. The molecule has 1 N–H and O–H groups in total. The maximum Gasteiger partial charge on any atom is 0.241 e. The monoisotopic (exact) mass is 445 g/mol. The van der Waals surface area contributed by atoms with Crippen LogP contribution in [0, 0.1) is 5.82 Å². The van der Waals surface area contributed by atoms with E-state index in [1.807, 2.05) is 35.7 Å². The lowest BCUT2D eigenvalue weighted by Crippen LogP contribution is -2.46. The Hall–Kier alpha value is -2.32. The van der Waals surface area contributed by atoms with Gasteiger partial charge in [-0.1, -0.05) is 22.0 Å². The molecule has 2 aromatic heterocycles. The van der Waals surface area contributed by atoms with Crippen molar-refractivity contribution in [2.75, 3.05) is 18.4 Å². The minimum Gasteiger partial charge on any atom is -0.322 e. The fourth-order valence-corrected chi connectivity index (χ4v) is 4.01. The lowest BCUT2D eigenvalue weighted by molar-refractivity contribution is -0.121. The number of nitrogens with zero attached hydrogens (tertiary/aromatic N) is 4. The molecule has 1 unspecified atom stereocenters. The molecule has 1 aliphatic heterocycles. The Labute approximate surface area is 170 Å². The first-order valence-corrected chi connectivity index (χ1v) is 10.1. The van der Waals surface area contributed by atoms with Gasteiger partial charge in [0.2, 0.25) is 5.91 Å². The van der Waals surface area contributed by atoms with E-state index in [-0.39, 0.29) is 17.6 Å². The van der Waals surface area contributed by atoms with Crippen molar-refractivity contribution in [2.24, 2.45) is 0 Å². The minimum absolute atomic E-state index is 0.199. The summed E-state index contributed by atoms with van der Waals surface area (Å²) in [6, 6.07) is 10.1. The average Bonchev–Trinajstić information content (AvgIpc) is 3.14. The van der Waals surface area contributed by atoms with Crippen LogP contribution in [0.1, 0.15) is 31.5 Å². The number of fused-ring (bicyclic) bond motifs is 1. The van der Waals surface area contributed by atoms with Gasteiger partial charge in [-0.2, -0.15) is 0 Å². The fraction of sp³-hybridized carbons (Fsp3) is 0.350. The van der Waals surface area contributed by atoms with Crippen LogP contribution >= 0.6 is 15.9 Å². The number of aromatic nitrogens is 3. The summed E-state index contributed by atoms with van der Waals surface area (Å²) in [6.45, 7) is 3.42. The van der Waals surface area contributed by atoms with Gasteiger partial charge in [-0.05, 0) is 63.2 Å². The highest BCUT2D eigenvalue weighted by atomic mass is 79.9. The number of hydrogen-bond donors (Lipinski definition) is 1. The Morgan fingerprint density at radius 2 is 2.04 bits per heavy atom. The second-order valence-corrected chi connectivity index (χ2v) is 8.00. The Balaban J connectivity index is 1.38. The number of benzene rings is 1. The maximum atomic E-state index is 14.0. The summed E-state index contributed by atoms with van der Waals surface area (Å²) < 4.78 is 16.7. The molecule has 0 bridgehead atoms. The molecule has 6 nitrogen and oxygen atoms in total. The van der Waals surface area contributed by atoms with Gasteiger partial charge in [0, 0.05) is 16.6 Å². The third-order valence-corrected chi connectivity index (χ3v) is 5.84. The molecule has 1 atom stereocenters. The van der Waals surface area contributed by atoms with Gasteiger partial charge in [0.05, 0.1) is 11.7 Å². The van der Waals surface area contributed by atoms with Crippen LogP contribution in [0.15, 0.2) is 47.1 Å². The Morgan fingerprint density at radius 3 is 2.79 bits per heavy atom. The topological polar surface area (TPSA) is 62.5 Å². The van der Waals surface area contributed by atoms with E-state index >= 15 is 0 Å². The van der Waals surface area contributed by atoms with Crippen LogP contribution in [0.2, 0.25) is 0 Å². The van der Waals surface area contributed by atoms with Crippen LogP contribution in [-0.2, 0) is 4.79 Å². The average molecular weight is 446 g/mol. The van der Waals surface area contributed by atoms with Gasteiger partial charge in [-0.25, -0.2) is 4.39 Å². The first-order valence-electron chi connectivity index (χ1n) is 9.32. The zero-order valence-electron chi connectivity index (χ0n) is 15.5. The quantitative estimate of drug-likeness (QED) is 0.662. The minimum atomic E-state index is -0.452. The van der Waals surface area contributed by atoms with E-state index in [4.69, 9.17) is 0 Å². The first kappa shape index (κ1) is 19.0. The van der Waals surface area contributed by atoms with Gasteiger partial charge in [0.1, 0.15) is 11.6 Å². The van der Waals surface area contributed by atoms with Gasteiger partial charge >= 0.3 is 0 Å². The number of carbonyl (C=O) groups is 1. The highest BCUT2D eigenvalue weighted by Crippen LogP contribution is 2.28. The SMILES string of the molecule is CC(C(=O)Nc1ccc(Br)cc1F)N1CCC(c2nnc3ccccn23)CC1. The molecule has 1 amide bonds. The number of carbonyl (C=O) groups excluding carboxylic acids is 1. The van der Waals surface area contributed by atoms with Crippen LogP contribution in [-0.4, -0.2) is 44.5 Å². The Kier molecular flexibility index (Phi) is 5.41. The largest absolute Gasteiger partial charge is 0.322 e. The van der Waals surface area contributed by atoms with E-state index in [0.717, 1.165) is 37.4 Å². The lowest BCUT2D eigenvalue weighted by Gasteiger charge is -2.34. The highest BCUT2D eigenvalue weighted by molar-refractivity contribution is 9.10. The van der Waals surface area contributed by atoms with Gasteiger partial charge in [-0.3, -0.25) is 14.1 Å². The molecule has 8 heteroatoms. The van der Waals surface area contributed by atoms with Crippen LogP contribution in [0.25, 0.3) is 5.65 Å². The van der Waals surface area contributed by atoms with E-state index in [0.29, 0.717) is 10.4 Å². The van der Waals surface area contributed by atoms with Crippen LogP contribution in [0.3, 0.4) is 0 Å². The molecule has 4 rings (SSSR count). The van der Waals surface area contributed by atoms with E-state index < -0.39 is 5.82 Å². The van der Waals surface area contributed by atoms with Crippen molar-refractivity contribution in [3.8, 4) is 0 Å². The third kappa shape index (κ3) is 3.79. The normalized spacial score (nSPS) is 17.0. The highest BCUT2D eigenvalue weighted by Gasteiger charge is 2.29. The number of pyridine rings is 1. The second kappa shape index (κ2) is 7.97. The predicted octanol–water partition coefficient (Wildman–Crippen LogP) is 3.84. The third-order valence-electron chi connectivity index (χ3n) is 5.35. The predicted molar refractivity (Wildman–Crippen MR) is 109 cm³/mol. The van der Waals surface area contributed by atoms with Crippen LogP contribution in [0.4, 0.5) is 10.1 Å². The molecule has 0 aliphatic carbocycles. The van der Waals surface area contributed by atoms with Gasteiger partial charge in [0.25, 0.3) is 0 Å². The molecular formula is C20H21BrFN5O. The van der Waals surface area contributed by atoms with Crippen molar-refractivity contribution in [3.63, 3.8) is 0 Å². The summed E-state index contributed by atoms with van der Waals surface area (Å²) in [5.74, 6) is 0.636. The smallest absolute Gasteiger partial charge is 0.241 e. The molecule has 28 heavy (non-hydrogen) atoms. The molecule has 1 aliphatic rings. The molecular weight excluding hydrogens is 425 g/mol. The van der Waals surface area contributed by atoms with E-state index in [9.17, 15) is 9.18 Å².